The van der Waals surface area contributed by atoms with Crippen molar-refractivity contribution in [3.63, 3.8) is 0 Å². The number of carbonyl (C=O) groups excluding carboxylic acids is 1. The van der Waals surface area contributed by atoms with Gasteiger partial charge in [0.15, 0.2) is 0 Å². The monoisotopic (exact) mass is 529 g/mol. The van der Waals surface area contributed by atoms with Crippen molar-refractivity contribution in [2.45, 2.75) is 51.4 Å². The molecule has 1 aliphatic carbocycles. The van der Waals surface area contributed by atoms with E-state index in [1.165, 1.54) is 18.2 Å². The topological polar surface area (TPSA) is 77.0 Å². The molecule has 202 valence electrons. The standard InChI is InChI=1S/C31H33BFNO5/c1-30(2)31(3,4)39-32(38-30)22(15-21-16-23(33)14-13-20(21)18-35)17-34-29(36)37-19-28-26-11-7-5-9-24(26)25-10-6-8-12-27(25)28/h5-16,28,35H,17-19H2,1-4H3,(H,34,36). The number of rotatable bonds is 7. The van der Waals surface area contributed by atoms with Crippen molar-refractivity contribution in [1.82, 2.24) is 5.32 Å². The van der Waals surface area contributed by atoms with Gasteiger partial charge in [0.2, 0.25) is 0 Å². The molecule has 1 fully saturated rings. The summed E-state index contributed by atoms with van der Waals surface area (Å²) >= 11 is 0. The molecule has 0 unspecified atom stereocenters. The van der Waals surface area contributed by atoms with Gasteiger partial charge in [-0.1, -0.05) is 60.7 Å². The first-order valence-corrected chi connectivity index (χ1v) is 13.1. The van der Waals surface area contributed by atoms with E-state index in [4.69, 9.17) is 14.0 Å². The minimum absolute atomic E-state index is 0.0505. The molecule has 6 nitrogen and oxygen atoms in total. The van der Waals surface area contributed by atoms with E-state index in [2.05, 4.69) is 29.6 Å². The molecular formula is C31H33BFNO5. The predicted molar refractivity (Wildman–Crippen MR) is 149 cm³/mol. The fraction of sp³-hybridized carbons (Fsp3) is 0.323. The van der Waals surface area contributed by atoms with Gasteiger partial charge in [-0.25, -0.2) is 9.18 Å². The zero-order valence-corrected chi connectivity index (χ0v) is 22.7. The van der Waals surface area contributed by atoms with Gasteiger partial charge in [0, 0.05) is 12.5 Å². The Labute approximate surface area is 228 Å². The molecule has 2 aliphatic rings. The fourth-order valence-electron chi connectivity index (χ4n) is 5.06. The van der Waals surface area contributed by atoms with Crippen molar-refractivity contribution in [1.29, 1.82) is 0 Å². The fourth-order valence-corrected chi connectivity index (χ4v) is 5.06. The summed E-state index contributed by atoms with van der Waals surface area (Å²) in [6.45, 7) is 7.72. The third-order valence-electron chi connectivity index (χ3n) is 7.96. The zero-order valence-electron chi connectivity index (χ0n) is 22.7. The quantitative estimate of drug-likeness (QED) is 0.375. The summed E-state index contributed by atoms with van der Waals surface area (Å²) in [5, 5.41) is 12.6. The zero-order chi connectivity index (χ0) is 27.8. The Morgan fingerprint density at radius 2 is 1.59 bits per heavy atom. The lowest BCUT2D eigenvalue weighted by Gasteiger charge is -2.32. The number of halogens is 1. The predicted octanol–water partition coefficient (Wildman–Crippen LogP) is 5.87. The van der Waals surface area contributed by atoms with E-state index in [1.54, 1.807) is 6.08 Å². The van der Waals surface area contributed by atoms with Crippen molar-refractivity contribution in [2.24, 2.45) is 0 Å². The largest absolute Gasteiger partial charge is 0.492 e. The number of carbonyl (C=O) groups is 1. The van der Waals surface area contributed by atoms with Crippen molar-refractivity contribution in [2.75, 3.05) is 13.2 Å². The summed E-state index contributed by atoms with van der Waals surface area (Å²) in [5.41, 5.74) is 4.96. The number of nitrogens with one attached hydrogen (secondary N) is 1. The Bertz CT molecular complexity index is 1360. The van der Waals surface area contributed by atoms with Crippen LogP contribution in [0.25, 0.3) is 17.2 Å². The van der Waals surface area contributed by atoms with Crippen LogP contribution in [-0.2, 0) is 20.7 Å². The average Bonchev–Trinajstić information content (AvgIpc) is 3.34. The molecule has 0 bridgehead atoms. The van der Waals surface area contributed by atoms with Crippen molar-refractivity contribution >= 4 is 19.3 Å². The smallest absolute Gasteiger partial charge is 0.449 e. The van der Waals surface area contributed by atoms with Gasteiger partial charge >= 0.3 is 13.2 Å². The second-order valence-corrected chi connectivity index (χ2v) is 11.0. The third kappa shape index (κ3) is 5.37. The third-order valence-corrected chi connectivity index (χ3v) is 7.96. The number of aliphatic hydroxyl groups is 1. The SMILES string of the molecule is CC1(C)OB(C(=Cc2cc(F)ccc2CO)CNC(=O)OCC2c3ccccc3-c3ccccc32)OC1(C)C. The van der Waals surface area contributed by atoms with Gasteiger partial charge in [0.1, 0.15) is 12.4 Å². The minimum atomic E-state index is -0.779. The molecule has 0 radical (unpaired) electrons. The van der Waals surface area contributed by atoms with Crippen LogP contribution in [-0.4, -0.2) is 42.7 Å². The van der Waals surface area contributed by atoms with Gasteiger partial charge in [-0.2, -0.15) is 0 Å². The van der Waals surface area contributed by atoms with E-state index >= 15 is 0 Å². The minimum Gasteiger partial charge on any atom is -0.449 e. The molecule has 0 saturated carbocycles. The van der Waals surface area contributed by atoms with E-state index in [0.29, 0.717) is 16.6 Å². The van der Waals surface area contributed by atoms with Crippen molar-refractivity contribution in [3.05, 3.63) is 100 Å². The number of aliphatic hydroxyl groups excluding tert-OH is 1. The number of ether oxygens (including phenoxy) is 1. The molecule has 0 spiro atoms. The van der Waals surface area contributed by atoms with Crippen LogP contribution in [0.5, 0.6) is 0 Å². The maximum Gasteiger partial charge on any atom is 0.492 e. The second kappa shape index (κ2) is 10.6. The molecule has 5 rings (SSSR count). The summed E-state index contributed by atoms with van der Waals surface area (Å²) in [6, 6.07) is 20.5. The van der Waals surface area contributed by atoms with Crippen LogP contribution in [0.4, 0.5) is 9.18 Å². The van der Waals surface area contributed by atoms with Crippen LogP contribution >= 0.6 is 0 Å². The first-order chi connectivity index (χ1) is 18.6. The molecule has 0 atom stereocenters. The van der Waals surface area contributed by atoms with Gasteiger partial charge in [-0.3, -0.25) is 0 Å². The first-order valence-electron chi connectivity index (χ1n) is 13.1. The summed E-state index contributed by atoms with van der Waals surface area (Å²) in [4.78, 5) is 12.9. The normalized spacial score (nSPS) is 17.6. The highest BCUT2D eigenvalue weighted by Gasteiger charge is 2.52. The molecule has 1 heterocycles. The lowest BCUT2D eigenvalue weighted by molar-refractivity contribution is 0.00578. The summed E-state index contributed by atoms with van der Waals surface area (Å²) in [7, 11) is -0.779. The summed E-state index contributed by atoms with van der Waals surface area (Å²) in [6.07, 6.45) is 1.11. The number of fused-ring (bicyclic) bond motifs is 3. The maximum atomic E-state index is 14.1. The lowest BCUT2D eigenvalue weighted by Crippen LogP contribution is -2.41. The Hall–Kier alpha value is -3.46. The molecule has 2 N–H and O–H groups in total. The van der Waals surface area contributed by atoms with Crippen molar-refractivity contribution < 1.29 is 28.3 Å². The van der Waals surface area contributed by atoms with E-state index in [1.807, 2.05) is 52.0 Å². The summed E-state index contributed by atoms with van der Waals surface area (Å²) in [5.74, 6) is -0.489. The molecule has 8 heteroatoms. The van der Waals surface area contributed by atoms with Crippen LogP contribution in [0.15, 0.2) is 72.2 Å². The van der Waals surface area contributed by atoms with Gasteiger partial charge in [-0.15, -0.1) is 0 Å². The van der Waals surface area contributed by atoms with Gasteiger partial charge < -0.3 is 24.5 Å². The second-order valence-electron chi connectivity index (χ2n) is 11.0. The highest BCUT2D eigenvalue weighted by Crippen LogP contribution is 2.44. The Morgan fingerprint density at radius 3 is 2.18 bits per heavy atom. The molecule has 3 aromatic rings. The van der Waals surface area contributed by atoms with Crippen LogP contribution in [0, 0.1) is 5.82 Å². The lowest BCUT2D eigenvalue weighted by atomic mass is 9.76. The highest BCUT2D eigenvalue weighted by atomic mass is 19.1. The van der Waals surface area contributed by atoms with Crippen molar-refractivity contribution in [3.8, 4) is 11.1 Å². The number of amides is 1. The molecular weight excluding hydrogens is 496 g/mol. The van der Waals surface area contributed by atoms with Crippen LogP contribution in [0.1, 0.15) is 55.9 Å². The van der Waals surface area contributed by atoms with Gasteiger partial charge in [0.25, 0.3) is 0 Å². The molecule has 39 heavy (non-hydrogen) atoms. The van der Waals surface area contributed by atoms with Gasteiger partial charge in [-0.05, 0) is 78.7 Å². The number of hydrogen-bond donors (Lipinski definition) is 2. The van der Waals surface area contributed by atoms with E-state index in [9.17, 15) is 14.3 Å². The van der Waals surface area contributed by atoms with Crippen LogP contribution in [0.2, 0.25) is 0 Å². The Balaban J connectivity index is 1.33. The number of hydrogen-bond acceptors (Lipinski definition) is 5. The molecule has 3 aromatic carbocycles. The molecule has 1 aliphatic heterocycles. The summed E-state index contributed by atoms with van der Waals surface area (Å²) < 4.78 is 32.2. The molecule has 0 aromatic heterocycles. The molecule has 1 saturated heterocycles. The van der Waals surface area contributed by atoms with E-state index in [0.717, 1.165) is 22.3 Å². The highest BCUT2D eigenvalue weighted by molar-refractivity contribution is 6.56. The van der Waals surface area contributed by atoms with Gasteiger partial charge in [0.05, 0.1) is 17.8 Å². The number of benzene rings is 3. The Morgan fingerprint density at radius 1 is 1.00 bits per heavy atom. The first kappa shape index (κ1) is 27.1. The number of alkyl carbamates (subject to hydrolysis) is 1. The Kier molecular flexibility index (Phi) is 7.38. The van der Waals surface area contributed by atoms with Crippen LogP contribution < -0.4 is 5.32 Å². The average molecular weight is 529 g/mol. The maximum absolute atomic E-state index is 14.1. The molecule has 1 amide bonds. The van der Waals surface area contributed by atoms with Crippen LogP contribution in [0.3, 0.4) is 0 Å². The van der Waals surface area contributed by atoms with E-state index in [-0.39, 0.29) is 25.7 Å². The van der Waals surface area contributed by atoms with E-state index < -0.39 is 30.2 Å².